The maximum atomic E-state index is 12.5. The second-order valence-electron chi connectivity index (χ2n) is 14.3. The van der Waals surface area contributed by atoms with Gasteiger partial charge >= 0.3 is 19.8 Å². The summed E-state index contributed by atoms with van der Waals surface area (Å²) in [6.45, 7) is 4.30. The lowest BCUT2D eigenvalue weighted by atomic mass is 10.0. The number of hydrogen-bond donors (Lipinski definition) is 1. The number of rotatable bonds is 35. The fourth-order valence-corrected chi connectivity index (χ4v) is 6.05. The van der Waals surface area contributed by atoms with Crippen molar-refractivity contribution < 1.29 is 42.1 Å². The molecule has 0 spiro atoms. The van der Waals surface area contributed by atoms with Gasteiger partial charge < -0.3 is 18.9 Å². The Kier molecular flexibility index (Phi) is 30.4. The van der Waals surface area contributed by atoms with Crippen LogP contribution in [-0.2, 0) is 32.7 Å². The van der Waals surface area contributed by atoms with Crippen LogP contribution in [0.1, 0.15) is 174 Å². The fraction of sp³-hybridized carbons (Fsp3) is 0.946. The second-order valence-corrected chi connectivity index (χ2v) is 15.8. The number of carbonyl (C=O) groups excluding carboxylic acids is 2. The van der Waals surface area contributed by atoms with E-state index in [4.69, 9.17) is 18.5 Å². The summed E-state index contributed by atoms with van der Waals surface area (Å²) in [5.41, 5.74) is 0. The number of nitrogens with zero attached hydrogens (tertiary/aromatic N) is 1. The third-order valence-corrected chi connectivity index (χ3v) is 9.37. The topological polar surface area (TPSA) is 108 Å². The summed E-state index contributed by atoms with van der Waals surface area (Å²) in [7, 11) is 1.48. The molecule has 1 N–H and O–H groups in total. The molecule has 0 amide bonds. The molecule has 0 aliphatic rings. The average molecular weight is 693 g/mol. The molecule has 47 heavy (non-hydrogen) atoms. The van der Waals surface area contributed by atoms with Gasteiger partial charge in [0.2, 0.25) is 0 Å². The standard InChI is InChI=1S/C37H74NO8P/c1-6-8-10-12-13-14-15-16-17-18-19-20-21-22-23-24-25-26-28-30-37(40)46-35(33-43-36(39)29-27-11-9-7-2)34-45-47(41,42)44-32-31-38(3,4)5/h35H,6-34H2,1-5H3/p+1. The third-order valence-electron chi connectivity index (χ3n) is 8.39. The van der Waals surface area contributed by atoms with Crippen molar-refractivity contribution in [3.63, 3.8) is 0 Å². The summed E-state index contributed by atoms with van der Waals surface area (Å²) in [6.07, 6.45) is 27.8. The van der Waals surface area contributed by atoms with Crippen LogP contribution in [0.3, 0.4) is 0 Å². The minimum Gasteiger partial charge on any atom is -0.462 e. The van der Waals surface area contributed by atoms with E-state index in [0.717, 1.165) is 44.9 Å². The lowest BCUT2D eigenvalue weighted by molar-refractivity contribution is -0.870. The third kappa shape index (κ3) is 34.7. The second kappa shape index (κ2) is 31.0. The number of hydrogen-bond acceptors (Lipinski definition) is 7. The van der Waals surface area contributed by atoms with Crippen molar-refractivity contribution in [2.24, 2.45) is 0 Å². The van der Waals surface area contributed by atoms with Crippen molar-refractivity contribution >= 4 is 19.8 Å². The van der Waals surface area contributed by atoms with Crippen LogP contribution in [0.15, 0.2) is 0 Å². The van der Waals surface area contributed by atoms with Gasteiger partial charge in [0.25, 0.3) is 0 Å². The summed E-state index contributed by atoms with van der Waals surface area (Å²) >= 11 is 0. The summed E-state index contributed by atoms with van der Waals surface area (Å²) < 4.78 is 33.9. The molecule has 0 aromatic heterocycles. The first kappa shape index (κ1) is 46.0. The van der Waals surface area contributed by atoms with Gasteiger partial charge in [-0.2, -0.15) is 0 Å². The number of ether oxygens (including phenoxy) is 2. The van der Waals surface area contributed by atoms with Crippen LogP contribution >= 0.6 is 7.82 Å². The van der Waals surface area contributed by atoms with Crippen LogP contribution < -0.4 is 0 Å². The van der Waals surface area contributed by atoms with E-state index < -0.39 is 26.5 Å². The highest BCUT2D eigenvalue weighted by molar-refractivity contribution is 7.47. The maximum absolute atomic E-state index is 12.5. The highest BCUT2D eigenvalue weighted by Crippen LogP contribution is 2.43. The summed E-state index contributed by atoms with van der Waals surface area (Å²) in [4.78, 5) is 34.8. The van der Waals surface area contributed by atoms with E-state index in [9.17, 15) is 19.0 Å². The minimum atomic E-state index is -4.35. The van der Waals surface area contributed by atoms with Gasteiger partial charge in [-0.15, -0.1) is 0 Å². The predicted octanol–water partition coefficient (Wildman–Crippen LogP) is 10.1. The quantitative estimate of drug-likeness (QED) is 0.0303. The van der Waals surface area contributed by atoms with E-state index in [0.29, 0.717) is 11.0 Å². The van der Waals surface area contributed by atoms with Crippen LogP contribution in [0.25, 0.3) is 0 Å². The Morgan fingerprint density at radius 3 is 1.38 bits per heavy atom. The molecule has 0 aromatic rings. The molecule has 10 heteroatoms. The Morgan fingerprint density at radius 1 is 0.574 bits per heavy atom. The monoisotopic (exact) mass is 693 g/mol. The van der Waals surface area contributed by atoms with Gasteiger partial charge in [0.05, 0.1) is 27.7 Å². The first-order valence-electron chi connectivity index (χ1n) is 19.3. The molecular weight excluding hydrogens is 617 g/mol. The normalized spacial score (nSPS) is 13.7. The molecule has 0 saturated heterocycles. The lowest BCUT2D eigenvalue weighted by Gasteiger charge is -2.24. The number of likely N-dealkylation sites (N-methyl/N-ethyl adjacent to an activating group) is 1. The minimum absolute atomic E-state index is 0.0356. The number of phosphoric acid groups is 1. The first-order valence-corrected chi connectivity index (χ1v) is 20.8. The predicted molar refractivity (Wildman–Crippen MR) is 192 cm³/mol. The van der Waals surface area contributed by atoms with Gasteiger partial charge in [-0.3, -0.25) is 18.6 Å². The van der Waals surface area contributed by atoms with Gasteiger partial charge in [0, 0.05) is 12.8 Å². The van der Waals surface area contributed by atoms with Crippen LogP contribution in [0.4, 0.5) is 0 Å². The summed E-state index contributed by atoms with van der Waals surface area (Å²) in [5.74, 6) is -0.810. The molecule has 0 saturated carbocycles. The summed E-state index contributed by atoms with van der Waals surface area (Å²) in [6, 6.07) is 0. The SMILES string of the molecule is CCCCCCCCCCCCCCCCCCCCCC(=O)OC(COC(=O)CCCCCC)COP(=O)(O)OCC[N+](C)(C)C. The molecule has 9 nitrogen and oxygen atoms in total. The van der Waals surface area contributed by atoms with Crippen molar-refractivity contribution in [2.75, 3.05) is 47.5 Å². The number of phosphoric ester groups is 1. The van der Waals surface area contributed by atoms with Gasteiger partial charge in [-0.25, -0.2) is 4.57 Å². The van der Waals surface area contributed by atoms with Crippen molar-refractivity contribution in [1.82, 2.24) is 0 Å². The Bertz CT molecular complexity index is 789. The molecular formula is C37H75NO8P+. The Hall–Kier alpha value is -0.990. The summed E-state index contributed by atoms with van der Waals surface area (Å²) in [5, 5.41) is 0. The Morgan fingerprint density at radius 2 is 0.957 bits per heavy atom. The van der Waals surface area contributed by atoms with Gasteiger partial charge in [-0.1, -0.05) is 149 Å². The molecule has 280 valence electrons. The van der Waals surface area contributed by atoms with E-state index in [2.05, 4.69) is 13.8 Å². The van der Waals surface area contributed by atoms with Crippen LogP contribution in [0.2, 0.25) is 0 Å². The smallest absolute Gasteiger partial charge is 0.462 e. The average Bonchev–Trinajstić information content (AvgIpc) is 3.01. The number of unbranched alkanes of at least 4 members (excludes halogenated alkanes) is 21. The van der Waals surface area contributed by atoms with E-state index in [1.54, 1.807) is 0 Å². The fourth-order valence-electron chi connectivity index (χ4n) is 5.31. The number of quaternary nitrogens is 1. The highest BCUT2D eigenvalue weighted by atomic mass is 31.2. The number of esters is 2. The lowest BCUT2D eigenvalue weighted by Crippen LogP contribution is -2.37. The molecule has 0 radical (unpaired) electrons. The molecule has 0 aromatic carbocycles. The molecule has 0 aliphatic carbocycles. The zero-order valence-corrected chi connectivity index (χ0v) is 32.2. The van der Waals surface area contributed by atoms with Crippen molar-refractivity contribution in [1.29, 1.82) is 0 Å². The largest absolute Gasteiger partial charge is 0.472 e. The van der Waals surface area contributed by atoms with Crippen LogP contribution in [-0.4, -0.2) is 74.9 Å². The van der Waals surface area contributed by atoms with Gasteiger partial charge in [0.1, 0.15) is 19.8 Å². The number of carbonyl (C=O) groups is 2. The molecule has 0 bridgehead atoms. The van der Waals surface area contributed by atoms with E-state index in [-0.39, 0.29) is 32.0 Å². The van der Waals surface area contributed by atoms with Crippen molar-refractivity contribution in [3.05, 3.63) is 0 Å². The zero-order chi connectivity index (χ0) is 35.1. The molecule has 2 atom stereocenters. The molecule has 0 rings (SSSR count). The van der Waals surface area contributed by atoms with Gasteiger partial charge in [-0.05, 0) is 12.8 Å². The van der Waals surface area contributed by atoms with Crippen molar-refractivity contribution in [3.8, 4) is 0 Å². The van der Waals surface area contributed by atoms with Crippen molar-refractivity contribution in [2.45, 2.75) is 180 Å². The first-order chi connectivity index (χ1) is 22.5. The maximum Gasteiger partial charge on any atom is 0.472 e. The molecule has 2 unspecified atom stereocenters. The highest BCUT2D eigenvalue weighted by Gasteiger charge is 2.27. The van der Waals surface area contributed by atoms with E-state index in [1.165, 1.54) is 103 Å². The zero-order valence-electron chi connectivity index (χ0n) is 31.3. The van der Waals surface area contributed by atoms with Crippen LogP contribution in [0, 0.1) is 0 Å². The Labute approximate surface area is 289 Å². The molecule has 0 aliphatic heterocycles. The Balaban J connectivity index is 4.13. The van der Waals surface area contributed by atoms with Gasteiger partial charge in [0.15, 0.2) is 6.10 Å². The van der Waals surface area contributed by atoms with E-state index >= 15 is 0 Å². The van der Waals surface area contributed by atoms with E-state index in [1.807, 2.05) is 21.1 Å². The van der Waals surface area contributed by atoms with Crippen LogP contribution in [0.5, 0.6) is 0 Å². The molecule has 0 fully saturated rings. The molecule has 0 heterocycles.